The van der Waals surface area contributed by atoms with E-state index in [2.05, 4.69) is 20.8 Å². The molecule has 0 unspecified atom stereocenters. The highest BCUT2D eigenvalue weighted by molar-refractivity contribution is 5.16. The minimum absolute atomic E-state index is 0.0844. The topological polar surface area (TPSA) is 160 Å². The molecule has 5 fully saturated rings. The zero-order chi connectivity index (χ0) is 30.0. The molecule has 9 heteroatoms. The maximum absolute atomic E-state index is 11.7. The van der Waals surface area contributed by atoms with Crippen LogP contribution in [0.25, 0.3) is 0 Å². The van der Waals surface area contributed by atoms with Gasteiger partial charge in [-0.2, -0.15) is 0 Å². The number of hydrogen-bond acceptors (Lipinski definition) is 9. The summed E-state index contributed by atoms with van der Waals surface area (Å²) >= 11 is 0. The molecule has 5 rings (SSSR count). The summed E-state index contributed by atoms with van der Waals surface area (Å²) in [6, 6.07) is 0. The van der Waals surface area contributed by atoms with Gasteiger partial charge in [0.2, 0.25) is 0 Å². The average molecular weight is 585 g/mol. The van der Waals surface area contributed by atoms with E-state index in [0.717, 1.165) is 32.1 Å². The number of aliphatic hydroxyl groups is 7. The predicted octanol–water partition coefficient (Wildman–Crippen LogP) is 1.82. The summed E-state index contributed by atoms with van der Waals surface area (Å²) in [6.07, 6.45) is -1.69. The predicted molar refractivity (Wildman–Crippen MR) is 151 cm³/mol. The molecule has 0 aromatic carbocycles. The van der Waals surface area contributed by atoms with Crippen molar-refractivity contribution in [1.82, 2.24) is 0 Å². The summed E-state index contributed by atoms with van der Waals surface area (Å²) in [6.45, 7) is 10.7. The molecule has 7 N–H and O–H groups in total. The zero-order valence-electron chi connectivity index (χ0n) is 25.5. The van der Waals surface area contributed by atoms with Gasteiger partial charge >= 0.3 is 0 Å². The summed E-state index contributed by atoms with van der Waals surface area (Å²) < 4.78 is 11.6. The Morgan fingerprint density at radius 2 is 1.46 bits per heavy atom. The Balaban J connectivity index is 1.31. The van der Waals surface area contributed by atoms with E-state index in [1.54, 1.807) is 0 Å². The Bertz CT molecular complexity index is 902. The quantitative estimate of drug-likeness (QED) is 0.222. The molecule has 1 aliphatic heterocycles. The molecular weight excluding hydrogens is 528 g/mol. The molecule has 0 spiro atoms. The molecule has 1 heterocycles. The Hall–Kier alpha value is -0.360. The largest absolute Gasteiger partial charge is 0.393 e. The maximum Gasteiger partial charge on any atom is 0.186 e. The van der Waals surface area contributed by atoms with Crippen molar-refractivity contribution in [2.75, 3.05) is 6.61 Å². The lowest BCUT2D eigenvalue weighted by molar-refractivity contribution is -0.295. The van der Waals surface area contributed by atoms with Crippen LogP contribution in [0.3, 0.4) is 0 Å². The van der Waals surface area contributed by atoms with Crippen LogP contribution in [0.1, 0.15) is 86.0 Å². The van der Waals surface area contributed by atoms with Crippen molar-refractivity contribution in [2.24, 2.45) is 52.3 Å². The number of aliphatic hydroxyl groups excluding tert-OH is 7. The SMILES string of the molecule is CC(C)[C@@H](O)CC[C@@H](C)[C@H]1C[C@H](O)[C@H]2[C@@H]3[C@H](O)[C@H](O)[C@H]4C[C@@H](O[C@@H]5OC[C@@H](O)[C@H](O)[C@H]5O)CC[C@]4(C)[C@H]3CC[C@@]21C. The summed E-state index contributed by atoms with van der Waals surface area (Å²) in [7, 11) is 0. The van der Waals surface area contributed by atoms with Crippen molar-refractivity contribution in [3.05, 3.63) is 0 Å². The number of rotatable bonds is 7. The van der Waals surface area contributed by atoms with Crippen LogP contribution >= 0.6 is 0 Å². The number of hydrogen-bond donors (Lipinski definition) is 7. The molecule has 238 valence electrons. The van der Waals surface area contributed by atoms with Crippen LogP contribution in [0.5, 0.6) is 0 Å². The lowest BCUT2D eigenvalue weighted by Gasteiger charge is -2.64. The van der Waals surface area contributed by atoms with Gasteiger partial charge in [0.05, 0.1) is 37.1 Å². The summed E-state index contributed by atoms with van der Waals surface area (Å²) in [5, 5.41) is 75.5. The molecule has 1 saturated heterocycles. The monoisotopic (exact) mass is 584 g/mol. The van der Waals surface area contributed by atoms with Gasteiger partial charge < -0.3 is 45.2 Å². The van der Waals surface area contributed by atoms with Crippen molar-refractivity contribution in [3.63, 3.8) is 0 Å². The smallest absolute Gasteiger partial charge is 0.186 e. The molecular formula is C32H56O9. The molecule has 0 amide bonds. The van der Waals surface area contributed by atoms with Crippen LogP contribution in [0, 0.1) is 52.3 Å². The first-order valence-corrected chi connectivity index (χ1v) is 16.2. The fraction of sp³-hybridized carbons (Fsp3) is 1.00. The lowest BCUT2D eigenvalue weighted by Crippen LogP contribution is -2.65. The Morgan fingerprint density at radius 1 is 0.780 bits per heavy atom. The molecule has 17 atom stereocenters. The van der Waals surface area contributed by atoms with Crippen molar-refractivity contribution >= 4 is 0 Å². The average Bonchev–Trinajstić information content (AvgIpc) is 3.21. The van der Waals surface area contributed by atoms with Gasteiger partial charge in [-0.3, -0.25) is 0 Å². The molecule has 5 aliphatic rings. The normalized spacial score (nSPS) is 53.3. The van der Waals surface area contributed by atoms with Crippen LogP contribution in [0.2, 0.25) is 0 Å². The molecule has 41 heavy (non-hydrogen) atoms. The van der Waals surface area contributed by atoms with Gasteiger partial charge in [0.1, 0.15) is 18.3 Å². The first-order chi connectivity index (χ1) is 19.2. The van der Waals surface area contributed by atoms with Crippen LogP contribution in [0.15, 0.2) is 0 Å². The van der Waals surface area contributed by atoms with E-state index >= 15 is 0 Å². The Labute approximate surface area is 245 Å². The lowest BCUT2D eigenvalue weighted by atomic mass is 9.43. The molecule has 0 aromatic heterocycles. The fourth-order valence-corrected chi connectivity index (χ4v) is 10.4. The third-order valence-corrected chi connectivity index (χ3v) is 12.9. The van der Waals surface area contributed by atoms with Crippen LogP contribution in [0.4, 0.5) is 0 Å². The van der Waals surface area contributed by atoms with E-state index in [1.165, 1.54) is 0 Å². The first kappa shape index (κ1) is 32.0. The summed E-state index contributed by atoms with van der Waals surface area (Å²) in [4.78, 5) is 0. The molecule has 4 aliphatic carbocycles. The molecule has 4 saturated carbocycles. The summed E-state index contributed by atoms with van der Waals surface area (Å²) in [5.74, 6) is 0.576. The van der Waals surface area contributed by atoms with Crippen molar-refractivity contribution in [3.8, 4) is 0 Å². The molecule has 0 radical (unpaired) electrons. The Morgan fingerprint density at radius 3 is 2.15 bits per heavy atom. The molecule has 9 nitrogen and oxygen atoms in total. The van der Waals surface area contributed by atoms with E-state index in [-0.39, 0.29) is 59.2 Å². The van der Waals surface area contributed by atoms with E-state index in [9.17, 15) is 35.7 Å². The minimum atomic E-state index is -1.36. The van der Waals surface area contributed by atoms with Gasteiger partial charge in [-0.1, -0.05) is 34.6 Å². The van der Waals surface area contributed by atoms with E-state index < -0.39 is 42.9 Å². The van der Waals surface area contributed by atoms with Gasteiger partial charge in [0.25, 0.3) is 0 Å². The van der Waals surface area contributed by atoms with E-state index in [0.29, 0.717) is 31.1 Å². The standard InChI is InChI=1S/C32H56O9/c1-15(2)21(33)7-6-16(3)19-13-22(34)25-24-18(9-11-32(19,25)5)31(4)10-8-17(12-20(31)26(36)28(24)38)41-30-29(39)27(37)23(35)14-40-30/h15-30,33-39H,6-14H2,1-5H3/t16-,17+,18+,19-,20-,21+,22+,23-,24-,25+,26-,27+,28+,29-,30+,31-,32-/m1/s1. The van der Waals surface area contributed by atoms with Gasteiger partial charge in [0.15, 0.2) is 6.29 Å². The van der Waals surface area contributed by atoms with E-state index in [1.807, 2.05) is 13.8 Å². The second-order valence-electron chi connectivity index (χ2n) is 15.4. The van der Waals surface area contributed by atoms with Crippen molar-refractivity contribution in [2.45, 2.75) is 141 Å². The van der Waals surface area contributed by atoms with Gasteiger partial charge in [-0.05, 0) is 104 Å². The Kier molecular flexibility index (Phi) is 9.27. The molecule has 0 aromatic rings. The second-order valence-corrected chi connectivity index (χ2v) is 15.4. The third kappa shape index (κ3) is 5.44. The second kappa shape index (κ2) is 11.9. The van der Waals surface area contributed by atoms with Gasteiger partial charge in [-0.15, -0.1) is 0 Å². The fourth-order valence-electron chi connectivity index (χ4n) is 10.4. The van der Waals surface area contributed by atoms with Crippen LogP contribution in [-0.4, -0.2) is 97.5 Å². The first-order valence-electron chi connectivity index (χ1n) is 16.2. The molecule has 0 bridgehead atoms. The van der Waals surface area contributed by atoms with Crippen molar-refractivity contribution in [1.29, 1.82) is 0 Å². The zero-order valence-corrected chi connectivity index (χ0v) is 25.5. The van der Waals surface area contributed by atoms with E-state index in [4.69, 9.17) is 9.47 Å². The van der Waals surface area contributed by atoms with Crippen LogP contribution < -0.4 is 0 Å². The van der Waals surface area contributed by atoms with Crippen LogP contribution in [-0.2, 0) is 9.47 Å². The van der Waals surface area contributed by atoms with Crippen molar-refractivity contribution < 1.29 is 45.2 Å². The minimum Gasteiger partial charge on any atom is -0.393 e. The maximum atomic E-state index is 11.7. The number of ether oxygens (including phenoxy) is 2. The summed E-state index contributed by atoms with van der Waals surface area (Å²) in [5.41, 5.74) is -0.357. The third-order valence-electron chi connectivity index (χ3n) is 12.9. The highest BCUT2D eigenvalue weighted by Crippen LogP contribution is 2.68. The van der Waals surface area contributed by atoms with Gasteiger partial charge in [0, 0.05) is 0 Å². The van der Waals surface area contributed by atoms with Gasteiger partial charge in [-0.25, -0.2) is 0 Å². The highest BCUT2D eigenvalue weighted by Gasteiger charge is 2.67. The number of fused-ring (bicyclic) bond motifs is 5. The highest BCUT2D eigenvalue weighted by atomic mass is 16.7.